The molecule has 1 aromatic heterocycles. The summed E-state index contributed by atoms with van der Waals surface area (Å²) in [4.78, 5) is 17.1. The molecule has 0 radical (unpaired) electrons. The Hall–Kier alpha value is -3.02. The lowest BCUT2D eigenvalue weighted by molar-refractivity contribution is 0.0994. The summed E-state index contributed by atoms with van der Waals surface area (Å²) < 4.78 is 11.9. The van der Waals surface area contributed by atoms with Crippen LogP contribution in [0.15, 0.2) is 31.1 Å². The van der Waals surface area contributed by atoms with Gasteiger partial charge in [0.15, 0.2) is 0 Å². The largest absolute Gasteiger partial charge is 0.490 e. The van der Waals surface area contributed by atoms with Crippen LogP contribution in [0.5, 0.6) is 11.6 Å². The van der Waals surface area contributed by atoms with E-state index in [0.29, 0.717) is 29.5 Å². The van der Waals surface area contributed by atoms with Gasteiger partial charge in [0.2, 0.25) is 5.88 Å². The number of pyridine rings is 1. The van der Waals surface area contributed by atoms with E-state index in [2.05, 4.69) is 36.8 Å². The van der Waals surface area contributed by atoms with E-state index >= 15 is 0 Å². The van der Waals surface area contributed by atoms with E-state index in [4.69, 9.17) is 15.2 Å². The van der Waals surface area contributed by atoms with Gasteiger partial charge in [0.1, 0.15) is 11.3 Å². The molecule has 2 heterocycles. The number of hydrogen-bond acceptors (Lipinski definition) is 5. The van der Waals surface area contributed by atoms with Crippen LogP contribution in [0.2, 0.25) is 0 Å². The summed E-state index contributed by atoms with van der Waals surface area (Å²) in [6.45, 7) is 12.8. The number of anilines is 1. The Morgan fingerprint density at radius 3 is 2.77 bits per heavy atom. The number of carbonyl (C=O) groups is 1. The molecule has 0 bridgehead atoms. The lowest BCUT2D eigenvalue weighted by Crippen LogP contribution is -2.20. The van der Waals surface area contributed by atoms with Crippen molar-refractivity contribution < 1.29 is 14.3 Å². The quantitative estimate of drug-likeness (QED) is 0.562. The molecule has 0 spiro atoms. The van der Waals surface area contributed by atoms with Crippen LogP contribution in [0.3, 0.4) is 0 Å². The molecule has 1 aliphatic rings. The van der Waals surface area contributed by atoms with E-state index < -0.39 is 5.91 Å². The molecule has 2 atom stereocenters. The normalized spacial score (nSPS) is 14.7. The van der Waals surface area contributed by atoms with Gasteiger partial charge in [0.25, 0.3) is 5.91 Å². The number of amides is 1. The number of nitrogens with zero attached hydrogens (tertiary/aromatic N) is 1. The zero-order valence-electron chi connectivity index (χ0n) is 19.0. The lowest BCUT2D eigenvalue weighted by atomic mass is 9.86. The number of hydrogen-bond donors (Lipinski definition) is 2. The number of aromatic nitrogens is 1. The number of benzene rings is 1. The number of nitrogens with two attached hydrogens (primary N) is 1. The molecule has 2 unspecified atom stereocenters. The summed E-state index contributed by atoms with van der Waals surface area (Å²) in [5.74, 6) is 0.813. The van der Waals surface area contributed by atoms with Crippen molar-refractivity contribution in [3.05, 3.63) is 47.8 Å². The third kappa shape index (κ3) is 4.68. The maximum atomic E-state index is 12.5. The molecular formula is C25H33N3O3. The summed E-state index contributed by atoms with van der Waals surface area (Å²) in [6, 6.07) is 4.08. The maximum Gasteiger partial charge on any atom is 0.254 e. The van der Waals surface area contributed by atoms with Gasteiger partial charge in [-0.25, -0.2) is 4.98 Å². The van der Waals surface area contributed by atoms with Crippen molar-refractivity contribution in [3.63, 3.8) is 0 Å². The van der Waals surface area contributed by atoms with Gasteiger partial charge >= 0.3 is 0 Å². The smallest absolute Gasteiger partial charge is 0.254 e. The molecule has 0 fully saturated rings. The number of primary amides is 1. The number of fused-ring (bicyclic) bond motifs is 1. The number of aryl methyl sites for hydroxylation is 1. The zero-order valence-corrected chi connectivity index (χ0v) is 19.0. The lowest BCUT2D eigenvalue weighted by Gasteiger charge is -2.26. The van der Waals surface area contributed by atoms with E-state index in [9.17, 15) is 4.79 Å². The van der Waals surface area contributed by atoms with Gasteiger partial charge in [-0.2, -0.15) is 0 Å². The number of nitrogens with one attached hydrogen (secondary N) is 1. The minimum atomic E-state index is -0.532. The average Bonchev–Trinajstić information content (AvgIpc) is 2.77. The van der Waals surface area contributed by atoms with E-state index in [1.165, 1.54) is 0 Å². The van der Waals surface area contributed by atoms with Crippen molar-refractivity contribution >= 4 is 11.6 Å². The molecular weight excluding hydrogens is 390 g/mol. The molecule has 3 N–H and O–H groups in total. The van der Waals surface area contributed by atoms with Gasteiger partial charge in [-0.3, -0.25) is 4.79 Å². The van der Waals surface area contributed by atoms with E-state index in [1.807, 2.05) is 26.1 Å². The van der Waals surface area contributed by atoms with Crippen LogP contribution in [0.25, 0.3) is 11.1 Å². The molecule has 1 aromatic carbocycles. The number of ether oxygens (including phenoxy) is 2. The predicted octanol–water partition coefficient (Wildman–Crippen LogP) is 5.42. The first kappa shape index (κ1) is 22.7. The molecule has 0 saturated carbocycles. The van der Waals surface area contributed by atoms with Crippen molar-refractivity contribution in [1.82, 2.24) is 4.98 Å². The number of rotatable bonds is 9. The van der Waals surface area contributed by atoms with Crippen molar-refractivity contribution in [1.29, 1.82) is 0 Å². The van der Waals surface area contributed by atoms with E-state index in [0.717, 1.165) is 47.9 Å². The minimum Gasteiger partial charge on any atom is -0.490 e. The highest BCUT2D eigenvalue weighted by Crippen LogP contribution is 2.44. The molecule has 2 aromatic rings. The Kier molecular flexibility index (Phi) is 7.21. The standard InChI is InChI=1S/C25H33N3O3/c1-6-15(4)21-19(18-12-17-10-9-11-30-25(17)28-14-18)13-20(31-16(5)7-2)22(24(26)29)23(21)27-8-3/h8,12-16,27H,3,6-7,9-11H2,1-2,4-5H3,(H2,26,29). The zero-order chi connectivity index (χ0) is 22.5. The van der Waals surface area contributed by atoms with Gasteiger partial charge in [-0.05, 0) is 68.0 Å². The fourth-order valence-electron chi connectivity index (χ4n) is 3.90. The molecule has 0 aliphatic carbocycles. The first-order valence-electron chi connectivity index (χ1n) is 11.1. The highest BCUT2D eigenvalue weighted by atomic mass is 16.5. The highest BCUT2D eigenvalue weighted by molar-refractivity contribution is 6.04. The van der Waals surface area contributed by atoms with Crippen molar-refractivity contribution in [2.75, 3.05) is 11.9 Å². The third-order valence-electron chi connectivity index (χ3n) is 5.90. The summed E-state index contributed by atoms with van der Waals surface area (Å²) in [5.41, 5.74) is 10.9. The molecule has 6 nitrogen and oxygen atoms in total. The molecule has 0 saturated heterocycles. The fraction of sp³-hybridized carbons (Fsp3) is 0.440. The summed E-state index contributed by atoms with van der Waals surface area (Å²) in [5, 5.41) is 3.18. The minimum absolute atomic E-state index is 0.0629. The van der Waals surface area contributed by atoms with Crippen LogP contribution in [0, 0.1) is 0 Å². The van der Waals surface area contributed by atoms with Crippen LogP contribution in [0.1, 0.15) is 74.4 Å². The van der Waals surface area contributed by atoms with Crippen molar-refractivity contribution in [3.8, 4) is 22.8 Å². The van der Waals surface area contributed by atoms with Crippen LogP contribution < -0.4 is 20.5 Å². The third-order valence-corrected chi connectivity index (χ3v) is 5.90. The monoisotopic (exact) mass is 423 g/mol. The highest BCUT2D eigenvalue weighted by Gasteiger charge is 2.27. The van der Waals surface area contributed by atoms with Crippen LogP contribution in [-0.4, -0.2) is 23.6 Å². The SMILES string of the molecule is C=CNc1c(C(N)=O)c(OC(C)CC)cc(-c2cnc3c(c2)CCCO3)c1C(C)CC. The molecule has 1 aliphatic heterocycles. The second kappa shape index (κ2) is 9.86. The molecule has 166 valence electrons. The van der Waals surface area contributed by atoms with E-state index in [-0.39, 0.29) is 12.0 Å². The van der Waals surface area contributed by atoms with Gasteiger partial charge < -0.3 is 20.5 Å². The molecule has 6 heteroatoms. The average molecular weight is 424 g/mol. The summed E-state index contributed by atoms with van der Waals surface area (Å²) in [6.07, 6.45) is 6.95. The molecule has 1 amide bonds. The van der Waals surface area contributed by atoms with Gasteiger partial charge in [0, 0.05) is 17.3 Å². The van der Waals surface area contributed by atoms with Gasteiger partial charge in [0.05, 0.1) is 18.4 Å². The Bertz CT molecular complexity index is 971. The van der Waals surface area contributed by atoms with Crippen molar-refractivity contribution in [2.24, 2.45) is 5.73 Å². The fourth-order valence-corrected chi connectivity index (χ4v) is 3.90. The Balaban J connectivity index is 2.32. The first-order chi connectivity index (χ1) is 14.9. The second-order valence-electron chi connectivity index (χ2n) is 8.08. The second-order valence-corrected chi connectivity index (χ2v) is 8.08. The van der Waals surface area contributed by atoms with E-state index in [1.54, 1.807) is 6.20 Å². The predicted molar refractivity (Wildman–Crippen MR) is 125 cm³/mol. The Morgan fingerprint density at radius 2 is 2.13 bits per heavy atom. The van der Waals surface area contributed by atoms with Crippen LogP contribution in [0.4, 0.5) is 5.69 Å². The van der Waals surface area contributed by atoms with Gasteiger partial charge in [-0.15, -0.1) is 0 Å². The topological polar surface area (TPSA) is 86.5 Å². The van der Waals surface area contributed by atoms with Crippen LogP contribution >= 0.6 is 0 Å². The Morgan fingerprint density at radius 1 is 1.35 bits per heavy atom. The number of carbonyl (C=O) groups excluding carboxylic acids is 1. The molecule has 31 heavy (non-hydrogen) atoms. The Labute approximate surface area is 184 Å². The maximum absolute atomic E-state index is 12.5. The first-order valence-corrected chi connectivity index (χ1v) is 11.1. The van der Waals surface area contributed by atoms with Crippen LogP contribution in [-0.2, 0) is 6.42 Å². The van der Waals surface area contributed by atoms with Gasteiger partial charge in [-0.1, -0.05) is 27.4 Å². The van der Waals surface area contributed by atoms with Crippen molar-refractivity contribution in [2.45, 2.75) is 65.4 Å². The summed E-state index contributed by atoms with van der Waals surface area (Å²) in [7, 11) is 0. The molecule has 3 rings (SSSR count). The summed E-state index contributed by atoms with van der Waals surface area (Å²) >= 11 is 0.